The summed E-state index contributed by atoms with van der Waals surface area (Å²) in [7, 11) is 3.34. The zero-order valence-corrected chi connectivity index (χ0v) is 30.8. The van der Waals surface area contributed by atoms with Crippen molar-refractivity contribution in [2.45, 2.75) is 98.1 Å². The molecule has 0 amide bonds. The third-order valence-corrected chi connectivity index (χ3v) is 8.55. The molecule has 0 bridgehead atoms. The molecular weight excluding hydrogens is 594 g/mol. The van der Waals surface area contributed by atoms with Crippen LogP contribution in [0.5, 0.6) is 11.5 Å². The van der Waals surface area contributed by atoms with Gasteiger partial charge in [0.1, 0.15) is 5.82 Å². The highest BCUT2D eigenvalue weighted by molar-refractivity contribution is 8.00. The molecule has 1 heterocycles. The molecule has 1 aliphatic carbocycles. The lowest BCUT2D eigenvalue weighted by atomic mass is 10.0. The molecule has 1 saturated carbocycles. The number of anilines is 2. The summed E-state index contributed by atoms with van der Waals surface area (Å²) in [4.78, 5) is 5.87. The van der Waals surface area contributed by atoms with Crippen molar-refractivity contribution in [1.82, 2.24) is 4.90 Å². The normalized spacial score (nSPS) is 15.6. The molecule has 3 aromatic carbocycles. The lowest BCUT2D eigenvalue weighted by Crippen LogP contribution is -2.51. The van der Waals surface area contributed by atoms with E-state index in [2.05, 4.69) is 99.0 Å². The van der Waals surface area contributed by atoms with Crippen LogP contribution in [0.15, 0.2) is 71.6 Å². The summed E-state index contributed by atoms with van der Waals surface area (Å²) in [6.45, 7) is 19.8. The Morgan fingerprint density at radius 3 is 1.96 bits per heavy atom. The minimum absolute atomic E-state index is 0.208. The van der Waals surface area contributed by atoms with Gasteiger partial charge in [-0.05, 0) is 91.9 Å². The van der Waals surface area contributed by atoms with E-state index in [9.17, 15) is 4.39 Å². The van der Waals surface area contributed by atoms with E-state index in [0.29, 0.717) is 6.04 Å². The first kappa shape index (κ1) is 39.3. The number of nitrogens with zero attached hydrogens (tertiary/aromatic N) is 3. The Kier molecular flexibility index (Phi) is 18.6. The van der Waals surface area contributed by atoms with Crippen molar-refractivity contribution in [2.75, 3.05) is 49.6 Å². The molecule has 1 atom stereocenters. The Hall–Kier alpha value is -2.90. The number of ether oxygens (including phenoxy) is 2. The zero-order valence-electron chi connectivity index (χ0n) is 30.0. The SMILES string of the molecule is C1CCC1.CC(C)C.CCC.CCN(Sc1cccc(F)c1)c1ccc(N2CCN(Cc3ccc(OC)c(OC)c3)C(C)C2)cc1. The number of hydrogen-bond donors (Lipinski definition) is 0. The minimum atomic E-state index is -0.208. The van der Waals surface area contributed by atoms with Crippen LogP contribution in [0, 0.1) is 11.7 Å². The molecule has 1 aliphatic heterocycles. The third kappa shape index (κ3) is 13.8. The lowest BCUT2D eigenvalue weighted by molar-refractivity contribution is 0.181. The van der Waals surface area contributed by atoms with Gasteiger partial charge in [0.2, 0.25) is 0 Å². The fourth-order valence-corrected chi connectivity index (χ4v) is 5.62. The number of piperazine rings is 1. The van der Waals surface area contributed by atoms with Gasteiger partial charge in [0, 0.05) is 55.0 Å². The fraction of sp³-hybridized carbons (Fsp3) is 0.538. The summed E-state index contributed by atoms with van der Waals surface area (Å²) in [6, 6.07) is 22.0. The van der Waals surface area contributed by atoms with Gasteiger partial charge in [0.25, 0.3) is 0 Å². The summed E-state index contributed by atoms with van der Waals surface area (Å²) in [5.41, 5.74) is 3.58. The first-order chi connectivity index (χ1) is 22.1. The molecule has 0 radical (unpaired) electrons. The molecule has 256 valence electrons. The summed E-state index contributed by atoms with van der Waals surface area (Å²) in [6.07, 6.45) is 7.25. The second-order valence-electron chi connectivity index (χ2n) is 12.6. The van der Waals surface area contributed by atoms with Crippen molar-refractivity contribution in [1.29, 1.82) is 0 Å². The first-order valence-electron chi connectivity index (χ1n) is 17.2. The van der Waals surface area contributed by atoms with E-state index in [0.717, 1.165) is 60.7 Å². The van der Waals surface area contributed by atoms with Crippen LogP contribution in [-0.4, -0.2) is 51.3 Å². The molecule has 0 spiro atoms. The molecule has 5 nitrogen and oxygen atoms in total. The van der Waals surface area contributed by atoms with Gasteiger partial charge in [-0.2, -0.15) is 0 Å². The van der Waals surface area contributed by atoms with Gasteiger partial charge in [0.15, 0.2) is 11.5 Å². The smallest absolute Gasteiger partial charge is 0.161 e. The summed E-state index contributed by atoms with van der Waals surface area (Å²) in [5, 5.41) is 0. The van der Waals surface area contributed by atoms with Crippen LogP contribution in [-0.2, 0) is 6.54 Å². The van der Waals surface area contributed by atoms with E-state index in [-0.39, 0.29) is 5.82 Å². The first-order valence-corrected chi connectivity index (χ1v) is 17.9. The summed E-state index contributed by atoms with van der Waals surface area (Å²) in [5.74, 6) is 2.15. The van der Waals surface area contributed by atoms with E-state index in [1.165, 1.54) is 49.4 Å². The van der Waals surface area contributed by atoms with Crippen molar-refractivity contribution in [3.05, 3.63) is 78.1 Å². The van der Waals surface area contributed by atoms with E-state index < -0.39 is 0 Å². The van der Waals surface area contributed by atoms with Crippen molar-refractivity contribution in [2.24, 2.45) is 5.92 Å². The fourth-order valence-electron chi connectivity index (χ4n) is 4.71. The van der Waals surface area contributed by atoms with Gasteiger partial charge < -0.3 is 18.7 Å². The van der Waals surface area contributed by atoms with Crippen LogP contribution < -0.4 is 18.7 Å². The number of rotatable bonds is 9. The lowest BCUT2D eigenvalue weighted by Gasteiger charge is -2.41. The van der Waals surface area contributed by atoms with Crippen LogP contribution in [0.3, 0.4) is 0 Å². The molecule has 2 fully saturated rings. The van der Waals surface area contributed by atoms with Gasteiger partial charge in [0.05, 0.1) is 14.2 Å². The zero-order chi connectivity index (χ0) is 33.9. The maximum Gasteiger partial charge on any atom is 0.161 e. The van der Waals surface area contributed by atoms with Gasteiger partial charge in [-0.25, -0.2) is 4.39 Å². The van der Waals surface area contributed by atoms with Crippen LogP contribution in [0.2, 0.25) is 0 Å². The van der Waals surface area contributed by atoms with Gasteiger partial charge in [-0.1, -0.05) is 78.9 Å². The highest BCUT2D eigenvalue weighted by atomic mass is 32.2. The van der Waals surface area contributed by atoms with Gasteiger partial charge >= 0.3 is 0 Å². The molecule has 3 aromatic rings. The van der Waals surface area contributed by atoms with Crippen LogP contribution in [0.1, 0.15) is 86.1 Å². The van der Waals surface area contributed by atoms with Gasteiger partial charge in [-0.15, -0.1) is 0 Å². The molecule has 7 heteroatoms. The second-order valence-corrected chi connectivity index (χ2v) is 13.7. The molecule has 1 saturated heterocycles. The molecular formula is C39H60FN3O2S. The highest BCUT2D eigenvalue weighted by Crippen LogP contribution is 2.32. The highest BCUT2D eigenvalue weighted by Gasteiger charge is 2.24. The standard InChI is InChI=1S/C28H34FN3O2S.C4H8.C4H10.C3H8/c1-5-32(35-26-8-6-7-23(29)18-26)25-12-10-24(11-13-25)31-16-15-30(21(2)19-31)20-22-9-14-27(33-3)28(17-22)34-4;1-2-4-3-1;1-4(2)3;1-3-2/h6-14,17-18,21H,5,15-16,19-20H2,1-4H3;1-4H2;4H,1-3H3;3H2,1-2H3. The van der Waals surface area contributed by atoms with Crippen LogP contribution in [0.25, 0.3) is 0 Å². The molecule has 2 aliphatic rings. The summed E-state index contributed by atoms with van der Waals surface area (Å²) < 4.78 is 26.6. The largest absolute Gasteiger partial charge is 0.493 e. The number of halogens is 1. The Labute approximate surface area is 284 Å². The average Bonchev–Trinajstić information content (AvgIpc) is 3.00. The number of methoxy groups -OCH3 is 2. The van der Waals surface area contributed by atoms with Gasteiger partial charge in [-0.3, -0.25) is 4.90 Å². The number of benzene rings is 3. The van der Waals surface area contributed by atoms with Crippen molar-refractivity contribution in [3.63, 3.8) is 0 Å². The minimum Gasteiger partial charge on any atom is -0.493 e. The quantitative estimate of drug-likeness (QED) is 0.213. The van der Waals surface area contributed by atoms with Crippen LogP contribution in [0.4, 0.5) is 15.8 Å². The van der Waals surface area contributed by atoms with E-state index in [4.69, 9.17) is 9.47 Å². The van der Waals surface area contributed by atoms with E-state index in [1.807, 2.05) is 12.1 Å². The Bertz CT molecular complexity index is 1230. The average molecular weight is 654 g/mol. The second kappa shape index (κ2) is 21.8. The maximum atomic E-state index is 13.6. The Balaban J connectivity index is 0.000000575. The Morgan fingerprint density at radius 2 is 1.46 bits per heavy atom. The molecule has 1 unspecified atom stereocenters. The predicted octanol–water partition coefficient (Wildman–Crippen LogP) is 10.7. The number of hydrogen-bond acceptors (Lipinski definition) is 6. The van der Waals surface area contributed by atoms with Crippen molar-refractivity contribution < 1.29 is 13.9 Å². The van der Waals surface area contributed by atoms with Crippen molar-refractivity contribution in [3.8, 4) is 11.5 Å². The monoisotopic (exact) mass is 653 g/mol. The molecule has 46 heavy (non-hydrogen) atoms. The molecule has 0 aromatic heterocycles. The van der Waals surface area contributed by atoms with Crippen molar-refractivity contribution >= 4 is 23.3 Å². The van der Waals surface area contributed by atoms with Crippen LogP contribution >= 0.6 is 11.9 Å². The third-order valence-electron chi connectivity index (χ3n) is 7.40. The topological polar surface area (TPSA) is 28.2 Å². The Morgan fingerprint density at radius 1 is 0.848 bits per heavy atom. The molecule has 5 rings (SSSR count). The van der Waals surface area contributed by atoms with E-state index >= 15 is 0 Å². The predicted molar refractivity (Wildman–Crippen MR) is 198 cm³/mol. The maximum absolute atomic E-state index is 13.6. The van der Waals surface area contributed by atoms with E-state index in [1.54, 1.807) is 38.3 Å². The summed E-state index contributed by atoms with van der Waals surface area (Å²) >= 11 is 1.56. The molecule has 0 N–H and O–H groups in total.